The van der Waals surface area contributed by atoms with Gasteiger partial charge in [-0.05, 0) is 13.8 Å². The van der Waals surface area contributed by atoms with Crippen molar-refractivity contribution in [2.24, 2.45) is 0 Å². The van der Waals surface area contributed by atoms with Gasteiger partial charge in [0.15, 0.2) is 6.39 Å². The lowest BCUT2D eigenvalue weighted by Crippen LogP contribution is -2.30. The van der Waals surface area contributed by atoms with Gasteiger partial charge in [-0.3, -0.25) is 4.79 Å². The third kappa shape index (κ3) is 1.64. The van der Waals surface area contributed by atoms with Crippen LogP contribution in [-0.2, 0) is 0 Å². The molecule has 66 valence electrons. The maximum Gasteiger partial charge on any atom is 0.291 e. The Labute approximate surface area is 71.2 Å². The Balaban J connectivity index is 2.70. The minimum atomic E-state index is -0.0995. The minimum Gasteiger partial charge on any atom is -0.438 e. The lowest BCUT2D eigenvalue weighted by Gasteiger charge is -2.16. The summed E-state index contributed by atoms with van der Waals surface area (Å²) in [6, 6.07) is 0. The van der Waals surface area contributed by atoms with Crippen molar-refractivity contribution in [2.45, 2.75) is 13.8 Å². The monoisotopic (exact) mass is 168 g/mol. The average molecular weight is 168 g/mol. The summed E-state index contributed by atoms with van der Waals surface area (Å²) in [4.78, 5) is 16.8. The molecule has 4 heteroatoms. The number of aromatic nitrogens is 1. The molecule has 12 heavy (non-hydrogen) atoms. The third-order valence-electron chi connectivity index (χ3n) is 1.69. The van der Waals surface area contributed by atoms with Crippen LogP contribution in [0.1, 0.15) is 24.4 Å². The second-order valence-electron chi connectivity index (χ2n) is 2.34. The highest BCUT2D eigenvalue weighted by Gasteiger charge is 2.14. The molecule has 0 aliphatic heterocycles. The lowest BCUT2D eigenvalue weighted by molar-refractivity contribution is 0.0741. The molecule has 0 bridgehead atoms. The van der Waals surface area contributed by atoms with Crippen molar-refractivity contribution in [1.82, 2.24) is 9.88 Å². The van der Waals surface area contributed by atoms with Crippen molar-refractivity contribution in [3.8, 4) is 0 Å². The first-order chi connectivity index (χ1) is 5.79. The summed E-state index contributed by atoms with van der Waals surface area (Å²) >= 11 is 0. The fourth-order valence-electron chi connectivity index (χ4n) is 0.988. The molecule has 0 fully saturated rings. The van der Waals surface area contributed by atoms with E-state index in [1.54, 1.807) is 4.90 Å². The second kappa shape index (κ2) is 3.90. The van der Waals surface area contributed by atoms with E-state index in [2.05, 4.69) is 4.98 Å². The smallest absolute Gasteiger partial charge is 0.291 e. The van der Waals surface area contributed by atoms with Crippen molar-refractivity contribution in [3.05, 3.63) is 18.4 Å². The molecule has 1 aromatic heterocycles. The molecule has 1 heterocycles. The predicted molar refractivity (Wildman–Crippen MR) is 43.8 cm³/mol. The Morgan fingerprint density at radius 3 is 2.67 bits per heavy atom. The fraction of sp³-hybridized carbons (Fsp3) is 0.500. The van der Waals surface area contributed by atoms with Crippen LogP contribution in [0.2, 0.25) is 0 Å². The maximum absolute atomic E-state index is 11.5. The molecule has 0 aliphatic carbocycles. The lowest BCUT2D eigenvalue weighted by atomic mass is 10.4. The zero-order valence-electron chi connectivity index (χ0n) is 7.28. The Morgan fingerprint density at radius 1 is 1.58 bits per heavy atom. The van der Waals surface area contributed by atoms with Crippen molar-refractivity contribution in [2.75, 3.05) is 13.1 Å². The molecule has 0 atom stereocenters. The van der Waals surface area contributed by atoms with Crippen molar-refractivity contribution < 1.29 is 9.21 Å². The fourth-order valence-corrected chi connectivity index (χ4v) is 0.988. The molecule has 4 nitrogen and oxygen atoms in total. The summed E-state index contributed by atoms with van der Waals surface area (Å²) in [5.41, 5.74) is 0. The van der Waals surface area contributed by atoms with E-state index in [1.807, 2.05) is 13.8 Å². The molecule has 0 aromatic carbocycles. The molecule has 1 aromatic rings. The van der Waals surface area contributed by atoms with E-state index in [4.69, 9.17) is 4.42 Å². The third-order valence-corrected chi connectivity index (χ3v) is 1.69. The van der Waals surface area contributed by atoms with Crippen LogP contribution in [0.15, 0.2) is 17.0 Å². The zero-order valence-corrected chi connectivity index (χ0v) is 7.28. The summed E-state index contributed by atoms with van der Waals surface area (Å²) in [6.07, 6.45) is 2.69. The van der Waals surface area contributed by atoms with Crippen LogP contribution in [0.4, 0.5) is 0 Å². The SMILES string of the molecule is CCN(CC)C(=O)c1cnco1. The van der Waals surface area contributed by atoms with Crippen LogP contribution in [0.25, 0.3) is 0 Å². The molecule has 1 amide bonds. The summed E-state index contributed by atoms with van der Waals surface area (Å²) < 4.78 is 4.88. The highest BCUT2D eigenvalue weighted by atomic mass is 16.3. The van der Waals surface area contributed by atoms with Gasteiger partial charge in [-0.2, -0.15) is 0 Å². The van der Waals surface area contributed by atoms with Crippen LogP contribution in [0, 0.1) is 0 Å². The zero-order chi connectivity index (χ0) is 8.97. The Bertz CT molecular complexity index is 240. The Kier molecular flexibility index (Phi) is 2.85. The molecular formula is C8H12N2O2. The van der Waals surface area contributed by atoms with Gasteiger partial charge >= 0.3 is 0 Å². The van der Waals surface area contributed by atoms with E-state index in [9.17, 15) is 4.79 Å². The topological polar surface area (TPSA) is 46.3 Å². The van der Waals surface area contributed by atoms with Crippen LogP contribution in [-0.4, -0.2) is 28.9 Å². The van der Waals surface area contributed by atoms with Gasteiger partial charge in [0.05, 0.1) is 6.20 Å². The van der Waals surface area contributed by atoms with Gasteiger partial charge in [0.2, 0.25) is 5.76 Å². The minimum absolute atomic E-state index is 0.0995. The van der Waals surface area contributed by atoms with E-state index in [1.165, 1.54) is 12.6 Å². The molecule has 0 saturated carbocycles. The molecular weight excluding hydrogens is 156 g/mol. The molecule has 0 N–H and O–H groups in total. The summed E-state index contributed by atoms with van der Waals surface area (Å²) in [7, 11) is 0. The van der Waals surface area contributed by atoms with Gasteiger partial charge in [0, 0.05) is 13.1 Å². The first kappa shape index (κ1) is 8.77. The normalized spacial score (nSPS) is 9.83. The van der Waals surface area contributed by atoms with Crippen molar-refractivity contribution in [1.29, 1.82) is 0 Å². The molecule has 1 rings (SSSR count). The number of hydrogen-bond donors (Lipinski definition) is 0. The number of amides is 1. The molecule has 0 spiro atoms. The highest BCUT2D eigenvalue weighted by molar-refractivity contribution is 5.91. The van der Waals surface area contributed by atoms with Crippen molar-refractivity contribution in [3.63, 3.8) is 0 Å². The van der Waals surface area contributed by atoms with Crippen LogP contribution >= 0.6 is 0 Å². The quantitative estimate of drug-likeness (QED) is 0.680. The van der Waals surface area contributed by atoms with Gasteiger partial charge < -0.3 is 9.32 Å². The van der Waals surface area contributed by atoms with Gasteiger partial charge in [-0.15, -0.1) is 0 Å². The number of rotatable bonds is 3. The number of nitrogens with zero attached hydrogens (tertiary/aromatic N) is 2. The van der Waals surface area contributed by atoms with Gasteiger partial charge in [0.25, 0.3) is 5.91 Å². The van der Waals surface area contributed by atoms with Crippen molar-refractivity contribution >= 4 is 5.91 Å². The summed E-state index contributed by atoms with van der Waals surface area (Å²) in [5, 5.41) is 0. The number of carbonyl (C=O) groups is 1. The Hall–Kier alpha value is -1.32. The van der Waals surface area contributed by atoms with Gasteiger partial charge in [-0.1, -0.05) is 0 Å². The van der Waals surface area contributed by atoms with E-state index in [0.717, 1.165) is 0 Å². The Morgan fingerprint density at radius 2 is 2.25 bits per heavy atom. The summed E-state index contributed by atoms with van der Waals surface area (Å²) in [6.45, 7) is 5.24. The number of hydrogen-bond acceptors (Lipinski definition) is 3. The van der Waals surface area contributed by atoms with E-state index < -0.39 is 0 Å². The molecule has 0 radical (unpaired) electrons. The molecule has 0 saturated heterocycles. The average Bonchev–Trinajstić information content (AvgIpc) is 2.58. The van der Waals surface area contributed by atoms with Crippen LogP contribution < -0.4 is 0 Å². The first-order valence-electron chi connectivity index (χ1n) is 3.97. The largest absolute Gasteiger partial charge is 0.438 e. The summed E-state index contributed by atoms with van der Waals surface area (Å²) in [5.74, 6) is 0.205. The molecule has 0 unspecified atom stereocenters. The second-order valence-corrected chi connectivity index (χ2v) is 2.34. The highest BCUT2D eigenvalue weighted by Crippen LogP contribution is 2.02. The van der Waals surface area contributed by atoms with E-state index >= 15 is 0 Å². The van der Waals surface area contributed by atoms with E-state index in [0.29, 0.717) is 18.8 Å². The van der Waals surface area contributed by atoms with E-state index in [-0.39, 0.29) is 5.91 Å². The number of carbonyl (C=O) groups excluding carboxylic acids is 1. The van der Waals surface area contributed by atoms with Gasteiger partial charge in [0.1, 0.15) is 0 Å². The number of oxazole rings is 1. The molecule has 0 aliphatic rings. The first-order valence-corrected chi connectivity index (χ1v) is 3.97. The van der Waals surface area contributed by atoms with Crippen LogP contribution in [0.5, 0.6) is 0 Å². The van der Waals surface area contributed by atoms with Crippen LogP contribution in [0.3, 0.4) is 0 Å². The standard InChI is InChI=1S/C8H12N2O2/c1-3-10(4-2)8(11)7-5-9-6-12-7/h5-6H,3-4H2,1-2H3. The predicted octanol–water partition coefficient (Wildman–Crippen LogP) is 1.16. The van der Waals surface area contributed by atoms with Gasteiger partial charge in [-0.25, -0.2) is 4.98 Å². The maximum atomic E-state index is 11.5.